The van der Waals surface area contributed by atoms with Gasteiger partial charge in [-0.1, -0.05) is 23.7 Å². The Hall–Kier alpha value is -1.65. The van der Waals surface area contributed by atoms with Gasteiger partial charge in [0.1, 0.15) is 5.75 Å². The Morgan fingerprint density at radius 1 is 1.18 bits per heavy atom. The summed E-state index contributed by atoms with van der Waals surface area (Å²) in [6.45, 7) is 1.93. The third kappa shape index (κ3) is 4.97. The van der Waals surface area contributed by atoms with Crippen LogP contribution in [0.2, 0.25) is 5.02 Å². The molecule has 0 heterocycles. The smallest absolute Gasteiger partial charge is 0.258 e. The fraction of sp³-hybridized carbons (Fsp3) is 0.235. The van der Waals surface area contributed by atoms with E-state index >= 15 is 0 Å². The van der Waals surface area contributed by atoms with Crippen LogP contribution >= 0.6 is 23.4 Å². The van der Waals surface area contributed by atoms with Crippen molar-refractivity contribution in [1.29, 1.82) is 0 Å². The summed E-state index contributed by atoms with van der Waals surface area (Å²) in [4.78, 5) is 13.1. The molecule has 0 fully saturated rings. The number of hydrogen-bond acceptors (Lipinski definition) is 3. The van der Waals surface area contributed by atoms with Crippen molar-refractivity contribution >= 4 is 29.3 Å². The second-order valence-corrected chi connectivity index (χ2v) is 6.12. The Morgan fingerprint density at radius 2 is 1.82 bits per heavy atom. The number of ether oxygens (including phenoxy) is 1. The molecule has 2 aromatic rings. The van der Waals surface area contributed by atoms with Gasteiger partial charge in [-0.3, -0.25) is 4.79 Å². The minimum absolute atomic E-state index is 0.0190. The van der Waals surface area contributed by atoms with Gasteiger partial charge in [0.25, 0.3) is 5.91 Å². The van der Waals surface area contributed by atoms with Crippen molar-refractivity contribution in [3.8, 4) is 5.75 Å². The van der Waals surface area contributed by atoms with Crippen molar-refractivity contribution < 1.29 is 9.53 Å². The number of nitrogens with one attached hydrogen (secondary N) is 1. The average molecular weight is 336 g/mol. The van der Waals surface area contributed by atoms with Gasteiger partial charge in [-0.2, -0.15) is 0 Å². The molecule has 5 heteroatoms. The van der Waals surface area contributed by atoms with Crippen LogP contribution in [-0.4, -0.2) is 18.8 Å². The Kier molecular flexibility index (Phi) is 6.16. The summed E-state index contributed by atoms with van der Waals surface area (Å²) in [5, 5.41) is 3.56. The molecule has 22 heavy (non-hydrogen) atoms. The predicted molar refractivity (Wildman–Crippen MR) is 91.7 cm³/mol. The molecule has 0 saturated carbocycles. The zero-order valence-corrected chi connectivity index (χ0v) is 14.1. The fourth-order valence-corrected chi connectivity index (χ4v) is 2.47. The number of hydrogen-bond donors (Lipinski definition) is 1. The molecule has 0 bridgehead atoms. The van der Waals surface area contributed by atoms with E-state index in [0.29, 0.717) is 10.8 Å². The Balaban J connectivity index is 1.83. The first-order chi connectivity index (χ1) is 10.6. The molecule has 0 radical (unpaired) electrons. The number of carbonyl (C=O) groups excluding carboxylic acids is 1. The Labute approximate surface area is 140 Å². The van der Waals surface area contributed by atoms with E-state index in [-0.39, 0.29) is 18.6 Å². The minimum Gasteiger partial charge on any atom is -0.484 e. The third-order valence-electron chi connectivity index (χ3n) is 3.18. The summed E-state index contributed by atoms with van der Waals surface area (Å²) in [5.41, 5.74) is 1.07. The lowest BCUT2D eigenvalue weighted by molar-refractivity contribution is -0.123. The molecule has 2 aromatic carbocycles. The number of amides is 1. The van der Waals surface area contributed by atoms with Crippen LogP contribution in [0.3, 0.4) is 0 Å². The molecule has 1 N–H and O–H groups in total. The number of benzene rings is 2. The average Bonchev–Trinajstić information content (AvgIpc) is 2.54. The van der Waals surface area contributed by atoms with Crippen molar-refractivity contribution in [3.05, 3.63) is 59.1 Å². The maximum Gasteiger partial charge on any atom is 0.258 e. The van der Waals surface area contributed by atoms with Crippen molar-refractivity contribution in [2.75, 3.05) is 12.9 Å². The first-order valence-corrected chi connectivity index (χ1v) is 8.50. The highest BCUT2D eigenvalue weighted by Crippen LogP contribution is 2.19. The van der Waals surface area contributed by atoms with E-state index in [1.165, 1.54) is 4.90 Å². The van der Waals surface area contributed by atoms with Crippen LogP contribution in [0.5, 0.6) is 5.75 Å². The molecule has 0 aromatic heterocycles. The highest BCUT2D eigenvalue weighted by atomic mass is 35.5. The molecule has 1 amide bonds. The predicted octanol–water partition coefficient (Wildman–Crippen LogP) is 4.32. The number of carbonyl (C=O) groups is 1. The van der Waals surface area contributed by atoms with Crippen LogP contribution < -0.4 is 10.1 Å². The topological polar surface area (TPSA) is 38.3 Å². The second kappa shape index (κ2) is 8.11. The van der Waals surface area contributed by atoms with Crippen molar-refractivity contribution in [2.45, 2.75) is 17.9 Å². The lowest BCUT2D eigenvalue weighted by Gasteiger charge is -2.15. The van der Waals surface area contributed by atoms with E-state index in [0.717, 1.165) is 5.56 Å². The van der Waals surface area contributed by atoms with Crippen molar-refractivity contribution in [1.82, 2.24) is 5.32 Å². The molecule has 0 spiro atoms. The molecule has 0 aliphatic heterocycles. The highest BCUT2D eigenvalue weighted by molar-refractivity contribution is 7.98. The van der Waals surface area contributed by atoms with E-state index in [1.54, 1.807) is 36.0 Å². The SMILES string of the molecule is CSc1ccc([C@@H](C)NC(=O)COc2ccc(Cl)cc2)cc1. The van der Waals surface area contributed by atoms with Crippen LogP contribution in [0.1, 0.15) is 18.5 Å². The van der Waals surface area contributed by atoms with E-state index in [1.807, 2.05) is 37.4 Å². The van der Waals surface area contributed by atoms with Crippen LogP contribution in [0.4, 0.5) is 0 Å². The van der Waals surface area contributed by atoms with E-state index in [9.17, 15) is 4.79 Å². The van der Waals surface area contributed by atoms with E-state index < -0.39 is 0 Å². The Morgan fingerprint density at radius 3 is 2.41 bits per heavy atom. The number of thioether (sulfide) groups is 1. The molecule has 3 nitrogen and oxygen atoms in total. The van der Waals surface area contributed by atoms with Gasteiger partial charge in [0.05, 0.1) is 6.04 Å². The fourth-order valence-electron chi connectivity index (χ4n) is 1.94. The maximum absolute atomic E-state index is 11.9. The van der Waals surface area contributed by atoms with Gasteiger partial charge in [-0.25, -0.2) is 0 Å². The summed E-state index contributed by atoms with van der Waals surface area (Å²) >= 11 is 7.49. The van der Waals surface area contributed by atoms with Gasteiger partial charge in [-0.15, -0.1) is 11.8 Å². The molecule has 1 atom stereocenters. The standard InChI is InChI=1S/C17H18ClNO2S/c1-12(13-3-9-16(22-2)10-4-13)19-17(20)11-21-15-7-5-14(18)6-8-15/h3-10,12H,11H2,1-2H3,(H,19,20)/t12-/m1/s1. The first kappa shape index (κ1) is 16.7. The molecular weight excluding hydrogens is 318 g/mol. The summed E-state index contributed by atoms with van der Waals surface area (Å²) < 4.78 is 5.42. The van der Waals surface area contributed by atoms with Crippen LogP contribution in [0, 0.1) is 0 Å². The van der Waals surface area contributed by atoms with Gasteiger partial charge >= 0.3 is 0 Å². The zero-order valence-electron chi connectivity index (χ0n) is 12.5. The van der Waals surface area contributed by atoms with Crippen LogP contribution in [-0.2, 0) is 4.79 Å². The molecular formula is C17H18ClNO2S. The van der Waals surface area contributed by atoms with Crippen molar-refractivity contribution in [2.24, 2.45) is 0 Å². The summed E-state index contributed by atoms with van der Waals surface area (Å²) in [6, 6.07) is 15.0. The van der Waals surface area contributed by atoms with Crippen molar-refractivity contribution in [3.63, 3.8) is 0 Å². The summed E-state index contributed by atoms with van der Waals surface area (Å²) in [6.07, 6.45) is 2.04. The lowest BCUT2D eigenvalue weighted by Crippen LogP contribution is -2.31. The largest absolute Gasteiger partial charge is 0.484 e. The van der Waals surface area contributed by atoms with Crippen LogP contribution in [0.15, 0.2) is 53.4 Å². The molecule has 2 rings (SSSR count). The normalized spacial score (nSPS) is 11.8. The molecule has 0 aliphatic rings. The zero-order chi connectivity index (χ0) is 15.9. The second-order valence-electron chi connectivity index (χ2n) is 4.80. The Bertz CT molecular complexity index is 614. The molecule has 0 saturated heterocycles. The van der Waals surface area contributed by atoms with Gasteiger partial charge in [0, 0.05) is 9.92 Å². The molecule has 0 aliphatic carbocycles. The lowest BCUT2D eigenvalue weighted by atomic mass is 10.1. The van der Waals surface area contributed by atoms with Gasteiger partial charge < -0.3 is 10.1 Å². The molecule has 116 valence electrons. The van der Waals surface area contributed by atoms with Gasteiger partial charge in [-0.05, 0) is 55.1 Å². The summed E-state index contributed by atoms with van der Waals surface area (Å²) in [5.74, 6) is 0.466. The van der Waals surface area contributed by atoms with Gasteiger partial charge in [0.15, 0.2) is 6.61 Å². The number of rotatable bonds is 6. The highest BCUT2D eigenvalue weighted by Gasteiger charge is 2.10. The van der Waals surface area contributed by atoms with Crippen LogP contribution in [0.25, 0.3) is 0 Å². The summed E-state index contributed by atoms with van der Waals surface area (Å²) in [7, 11) is 0. The monoisotopic (exact) mass is 335 g/mol. The van der Waals surface area contributed by atoms with E-state index in [4.69, 9.17) is 16.3 Å². The third-order valence-corrected chi connectivity index (χ3v) is 4.17. The van der Waals surface area contributed by atoms with Gasteiger partial charge in [0.2, 0.25) is 0 Å². The quantitative estimate of drug-likeness (QED) is 0.799. The van der Waals surface area contributed by atoms with E-state index in [2.05, 4.69) is 5.32 Å². The molecule has 0 unspecified atom stereocenters. The maximum atomic E-state index is 11.9. The number of halogens is 1. The first-order valence-electron chi connectivity index (χ1n) is 6.90. The minimum atomic E-state index is -0.156.